The minimum absolute atomic E-state index is 0.0794. The molecule has 35 heavy (non-hydrogen) atoms. The van der Waals surface area contributed by atoms with Gasteiger partial charge in [0.1, 0.15) is 11.5 Å². The molecular formula is C25H20BrN3O5S. The summed E-state index contributed by atoms with van der Waals surface area (Å²) in [6, 6.07) is 17.6. The first-order valence-electron chi connectivity index (χ1n) is 10.3. The van der Waals surface area contributed by atoms with Gasteiger partial charge in [-0.3, -0.25) is 14.9 Å². The Bertz CT molecular complexity index is 1420. The topological polar surface area (TPSA) is 102 Å². The predicted octanol–water partition coefficient (Wildman–Crippen LogP) is 5.59. The molecule has 0 radical (unpaired) electrons. The molecule has 1 aromatic heterocycles. The van der Waals surface area contributed by atoms with Crippen molar-refractivity contribution in [2.45, 2.75) is 0 Å². The van der Waals surface area contributed by atoms with Crippen LogP contribution >= 0.6 is 28.1 Å². The maximum atomic E-state index is 13.0. The van der Waals surface area contributed by atoms with Crippen molar-refractivity contribution in [2.24, 2.45) is 0 Å². The Morgan fingerprint density at radius 2 is 1.74 bits per heavy atom. The van der Waals surface area contributed by atoms with Crippen LogP contribution in [0.4, 0.5) is 11.4 Å². The van der Waals surface area contributed by atoms with Crippen molar-refractivity contribution in [2.75, 3.05) is 24.9 Å². The van der Waals surface area contributed by atoms with Gasteiger partial charge in [-0.2, -0.15) is 0 Å². The molecular weight excluding hydrogens is 534 g/mol. The second kappa shape index (κ2) is 10.6. The van der Waals surface area contributed by atoms with Gasteiger partial charge in [-0.15, -0.1) is 0 Å². The summed E-state index contributed by atoms with van der Waals surface area (Å²) in [5.41, 5.74) is 1.32. The molecule has 0 atom stereocenters. The lowest BCUT2D eigenvalue weighted by Gasteiger charge is -2.15. The summed E-state index contributed by atoms with van der Waals surface area (Å²) in [7, 11) is 2.98. The Morgan fingerprint density at radius 1 is 0.943 bits per heavy atom. The van der Waals surface area contributed by atoms with E-state index in [1.807, 2.05) is 24.3 Å². The summed E-state index contributed by atoms with van der Waals surface area (Å²) in [5, 5.41) is 10.2. The number of carbonyl (C=O) groups excluding carboxylic acids is 2. The molecule has 2 amide bonds. The maximum absolute atomic E-state index is 13.0. The summed E-state index contributed by atoms with van der Waals surface area (Å²) in [6.07, 6.45) is 1.42. The molecule has 0 aliphatic carbocycles. The van der Waals surface area contributed by atoms with Gasteiger partial charge in [0, 0.05) is 11.8 Å². The molecule has 0 saturated carbocycles. The number of fused-ring (bicyclic) bond motifs is 1. The quantitative estimate of drug-likeness (QED) is 0.267. The van der Waals surface area contributed by atoms with Crippen LogP contribution in [-0.4, -0.2) is 31.1 Å². The lowest BCUT2D eigenvalue weighted by molar-refractivity contribution is 0.0972. The van der Waals surface area contributed by atoms with E-state index >= 15 is 0 Å². The third-order valence-electron chi connectivity index (χ3n) is 5.07. The van der Waals surface area contributed by atoms with E-state index in [0.29, 0.717) is 32.9 Å². The van der Waals surface area contributed by atoms with Gasteiger partial charge in [0.25, 0.3) is 11.8 Å². The van der Waals surface area contributed by atoms with Crippen LogP contribution < -0.4 is 25.4 Å². The Kier molecular flexibility index (Phi) is 7.33. The molecule has 0 unspecified atom stereocenters. The van der Waals surface area contributed by atoms with E-state index in [-0.39, 0.29) is 10.9 Å². The molecule has 0 spiro atoms. The number of hydrogen-bond donors (Lipinski definition) is 3. The Morgan fingerprint density at radius 3 is 2.46 bits per heavy atom. The van der Waals surface area contributed by atoms with Crippen molar-refractivity contribution in [1.29, 1.82) is 0 Å². The molecule has 1 heterocycles. The van der Waals surface area contributed by atoms with E-state index in [4.69, 9.17) is 26.1 Å². The Labute approximate surface area is 214 Å². The molecule has 3 N–H and O–H groups in total. The molecule has 8 nitrogen and oxygen atoms in total. The van der Waals surface area contributed by atoms with Crippen LogP contribution in [0.15, 0.2) is 75.8 Å². The van der Waals surface area contributed by atoms with E-state index < -0.39 is 11.8 Å². The van der Waals surface area contributed by atoms with E-state index in [0.717, 1.165) is 10.8 Å². The van der Waals surface area contributed by atoms with Crippen molar-refractivity contribution in [3.63, 3.8) is 0 Å². The van der Waals surface area contributed by atoms with Gasteiger partial charge in [-0.25, -0.2) is 0 Å². The van der Waals surface area contributed by atoms with Crippen LogP contribution in [0.2, 0.25) is 0 Å². The lowest BCUT2D eigenvalue weighted by Crippen LogP contribution is -2.34. The number of methoxy groups -OCH3 is 2. The van der Waals surface area contributed by atoms with Crippen LogP contribution in [0.1, 0.15) is 20.9 Å². The summed E-state index contributed by atoms with van der Waals surface area (Å²) < 4.78 is 16.6. The van der Waals surface area contributed by atoms with Crippen LogP contribution in [0.5, 0.6) is 11.5 Å². The third kappa shape index (κ3) is 5.28. The second-order valence-electron chi connectivity index (χ2n) is 7.25. The van der Waals surface area contributed by atoms with Gasteiger partial charge in [-0.05, 0) is 69.3 Å². The number of hydrogen-bond acceptors (Lipinski definition) is 6. The van der Waals surface area contributed by atoms with Crippen molar-refractivity contribution >= 4 is 67.2 Å². The van der Waals surface area contributed by atoms with Crippen molar-refractivity contribution in [3.05, 3.63) is 82.7 Å². The van der Waals surface area contributed by atoms with Gasteiger partial charge >= 0.3 is 0 Å². The first kappa shape index (κ1) is 24.2. The number of benzene rings is 3. The van der Waals surface area contributed by atoms with Gasteiger partial charge in [-0.1, -0.05) is 24.3 Å². The maximum Gasteiger partial charge on any atom is 0.291 e. The highest BCUT2D eigenvalue weighted by atomic mass is 79.9. The minimum atomic E-state index is -0.430. The summed E-state index contributed by atoms with van der Waals surface area (Å²) >= 11 is 8.87. The van der Waals surface area contributed by atoms with Crippen LogP contribution in [0.25, 0.3) is 10.8 Å². The highest BCUT2D eigenvalue weighted by molar-refractivity contribution is 9.10. The second-order valence-corrected chi connectivity index (χ2v) is 8.45. The Balaban J connectivity index is 1.48. The third-order valence-corrected chi connectivity index (χ3v) is 6.06. The number of anilines is 2. The van der Waals surface area contributed by atoms with E-state index in [2.05, 4.69) is 31.9 Å². The average molecular weight is 554 g/mol. The monoisotopic (exact) mass is 553 g/mol. The SMILES string of the molecule is COc1cc(NC(=S)NC(=O)c2cc3ccccc3c(Br)c2OC)ccc1NC(=O)c1ccco1. The highest BCUT2D eigenvalue weighted by Gasteiger charge is 2.19. The highest BCUT2D eigenvalue weighted by Crippen LogP contribution is 2.36. The summed E-state index contributed by atoms with van der Waals surface area (Å²) in [5.74, 6) is 0.132. The number of furan rings is 1. The fourth-order valence-electron chi connectivity index (χ4n) is 3.45. The van der Waals surface area contributed by atoms with Gasteiger partial charge < -0.3 is 24.5 Å². The molecule has 3 aromatic carbocycles. The molecule has 0 fully saturated rings. The van der Waals surface area contributed by atoms with E-state index in [1.165, 1.54) is 20.5 Å². The van der Waals surface area contributed by atoms with Crippen molar-refractivity contribution in [1.82, 2.24) is 5.32 Å². The number of carbonyl (C=O) groups is 2. The zero-order valence-electron chi connectivity index (χ0n) is 18.7. The lowest BCUT2D eigenvalue weighted by atomic mass is 10.1. The zero-order chi connectivity index (χ0) is 24.9. The molecule has 178 valence electrons. The average Bonchev–Trinajstić information content (AvgIpc) is 3.40. The predicted molar refractivity (Wildman–Crippen MR) is 142 cm³/mol. The Hall–Kier alpha value is -3.89. The minimum Gasteiger partial charge on any atom is -0.495 e. The zero-order valence-corrected chi connectivity index (χ0v) is 21.1. The number of ether oxygens (including phenoxy) is 2. The molecule has 4 aromatic rings. The number of halogens is 1. The standard InChI is InChI=1S/C25H20BrN3O5S/c1-32-20-13-15(9-10-18(20)28-24(31)19-8-5-11-34-19)27-25(35)29-23(30)17-12-14-6-3-4-7-16(14)21(26)22(17)33-2/h3-13H,1-2H3,(H,28,31)(H2,27,29,30,35). The summed E-state index contributed by atoms with van der Waals surface area (Å²) in [4.78, 5) is 25.3. The number of nitrogens with one attached hydrogen (secondary N) is 3. The normalized spacial score (nSPS) is 10.5. The molecule has 0 bridgehead atoms. The molecule has 10 heteroatoms. The fraction of sp³-hybridized carbons (Fsp3) is 0.0800. The van der Waals surface area contributed by atoms with Crippen LogP contribution in [-0.2, 0) is 0 Å². The van der Waals surface area contributed by atoms with Gasteiger partial charge in [0.15, 0.2) is 10.9 Å². The largest absolute Gasteiger partial charge is 0.495 e. The first-order chi connectivity index (χ1) is 16.9. The number of thiocarbonyl (C=S) groups is 1. The van der Waals surface area contributed by atoms with E-state index in [1.54, 1.807) is 36.4 Å². The first-order valence-corrected chi connectivity index (χ1v) is 11.5. The molecule has 4 rings (SSSR count). The van der Waals surface area contributed by atoms with Gasteiger partial charge in [0.05, 0.1) is 36.2 Å². The van der Waals surface area contributed by atoms with Crippen LogP contribution in [0.3, 0.4) is 0 Å². The van der Waals surface area contributed by atoms with Crippen molar-refractivity contribution in [3.8, 4) is 11.5 Å². The summed E-state index contributed by atoms with van der Waals surface area (Å²) in [6.45, 7) is 0. The molecule has 0 aliphatic heterocycles. The fourth-order valence-corrected chi connectivity index (χ4v) is 4.40. The van der Waals surface area contributed by atoms with E-state index in [9.17, 15) is 9.59 Å². The smallest absolute Gasteiger partial charge is 0.291 e. The van der Waals surface area contributed by atoms with Gasteiger partial charge in [0.2, 0.25) is 0 Å². The van der Waals surface area contributed by atoms with Crippen molar-refractivity contribution < 1.29 is 23.5 Å². The van der Waals surface area contributed by atoms with Crippen LogP contribution in [0, 0.1) is 0 Å². The molecule has 0 saturated heterocycles. The number of amides is 2. The molecule has 0 aliphatic rings. The number of rotatable bonds is 6.